The summed E-state index contributed by atoms with van der Waals surface area (Å²) in [7, 11) is 2.13. The van der Waals surface area contributed by atoms with E-state index in [9.17, 15) is 0 Å². The number of anilines is 2. The predicted molar refractivity (Wildman–Crippen MR) is 90.4 cm³/mol. The van der Waals surface area contributed by atoms with Crippen molar-refractivity contribution in [1.82, 2.24) is 0 Å². The van der Waals surface area contributed by atoms with E-state index in [1.165, 1.54) is 47.3 Å². The number of hydrogen-bond acceptors (Lipinski definition) is 2. The van der Waals surface area contributed by atoms with Crippen LogP contribution in [0.2, 0.25) is 0 Å². The number of hydrogen-bond donors (Lipinski definition) is 1. The van der Waals surface area contributed by atoms with E-state index < -0.39 is 0 Å². The lowest BCUT2D eigenvalue weighted by Crippen LogP contribution is -2.19. The smallest absolute Gasteiger partial charge is 0.0411 e. The van der Waals surface area contributed by atoms with Crippen molar-refractivity contribution in [3.8, 4) is 0 Å². The molecule has 0 aliphatic heterocycles. The summed E-state index contributed by atoms with van der Waals surface area (Å²) in [5.41, 5.74) is 12.6. The van der Waals surface area contributed by atoms with Gasteiger partial charge in [-0.2, -0.15) is 0 Å². The van der Waals surface area contributed by atoms with Crippen molar-refractivity contribution in [2.75, 3.05) is 18.5 Å². The monoisotopic (exact) mass is 280 g/mol. The van der Waals surface area contributed by atoms with Gasteiger partial charge in [-0.05, 0) is 74.0 Å². The third kappa shape index (κ3) is 2.81. The molecule has 1 aliphatic rings. The van der Waals surface area contributed by atoms with Crippen LogP contribution < -0.4 is 10.6 Å². The Balaban J connectivity index is 1.91. The van der Waals surface area contributed by atoms with E-state index in [-0.39, 0.29) is 0 Å². The molecule has 0 bridgehead atoms. The van der Waals surface area contributed by atoms with Gasteiger partial charge < -0.3 is 10.6 Å². The molecule has 2 aromatic carbocycles. The van der Waals surface area contributed by atoms with Crippen molar-refractivity contribution in [1.29, 1.82) is 0 Å². The molecule has 2 nitrogen and oxygen atoms in total. The molecule has 0 radical (unpaired) electrons. The maximum absolute atomic E-state index is 5.91. The van der Waals surface area contributed by atoms with Crippen LogP contribution in [0, 0.1) is 6.92 Å². The van der Waals surface area contributed by atoms with Crippen LogP contribution in [0.5, 0.6) is 0 Å². The standard InChI is InChI=1S/C19H24N2/c1-14-6-8-17(9-7-14)21(2)18-10-11-19-15(12-18)4-3-5-16(19)13-20/h6-12,16H,3-5,13,20H2,1-2H3/t16-/m0/s1. The Bertz CT molecular complexity index is 616. The molecular formula is C19H24N2. The van der Waals surface area contributed by atoms with Gasteiger partial charge in [-0.25, -0.2) is 0 Å². The summed E-state index contributed by atoms with van der Waals surface area (Å²) < 4.78 is 0. The third-order valence-corrected chi connectivity index (χ3v) is 4.66. The van der Waals surface area contributed by atoms with Crippen LogP contribution in [-0.2, 0) is 6.42 Å². The van der Waals surface area contributed by atoms with Gasteiger partial charge in [-0.1, -0.05) is 23.8 Å². The molecule has 2 heteroatoms. The maximum Gasteiger partial charge on any atom is 0.0411 e. The Kier molecular flexibility index (Phi) is 3.98. The van der Waals surface area contributed by atoms with Gasteiger partial charge in [0, 0.05) is 18.4 Å². The molecule has 21 heavy (non-hydrogen) atoms. The first kappa shape index (κ1) is 14.2. The first-order valence-corrected chi connectivity index (χ1v) is 7.82. The molecule has 0 heterocycles. The van der Waals surface area contributed by atoms with Gasteiger partial charge in [0.05, 0.1) is 0 Å². The summed E-state index contributed by atoms with van der Waals surface area (Å²) in [4.78, 5) is 2.26. The van der Waals surface area contributed by atoms with E-state index in [2.05, 4.69) is 61.3 Å². The van der Waals surface area contributed by atoms with Crippen molar-refractivity contribution in [3.05, 3.63) is 59.2 Å². The molecule has 2 aromatic rings. The average Bonchev–Trinajstić information content (AvgIpc) is 2.53. The highest BCUT2D eigenvalue weighted by molar-refractivity contribution is 5.64. The van der Waals surface area contributed by atoms with E-state index in [1.54, 1.807) is 0 Å². The average molecular weight is 280 g/mol. The number of nitrogens with zero attached hydrogens (tertiary/aromatic N) is 1. The number of nitrogens with two attached hydrogens (primary N) is 1. The zero-order valence-corrected chi connectivity index (χ0v) is 13.0. The van der Waals surface area contributed by atoms with Gasteiger partial charge in [-0.15, -0.1) is 0 Å². The first-order chi connectivity index (χ1) is 10.2. The Morgan fingerprint density at radius 2 is 1.81 bits per heavy atom. The lowest BCUT2D eigenvalue weighted by Gasteiger charge is -2.27. The van der Waals surface area contributed by atoms with Crippen LogP contribution >= 0.6 is 0 Å². The Morgan fingerprint density at radius 3 is 2.52 bits per heavy atom. The van der Waals surface area contributed by atoms with Gasteiger partial charge in [0.15, 0.2) is 0 Å². The summed E-state index contributed by atoms with van der Waals surface area (Å²) in [6, 6.07) is 15.5. The molecule has 1 aliphatic carbocycles. The van der Waals surface area contributed by atoms with Gasteiger partial charge in [0.1, 0.15) is 0 Å². The Morgan fingerprint density at radius 1 is 1.10 bits per heavy atom. The van der Waals surface area contributed by atoms with E-state index >= 15 is 0 Å². The Labute approximate surface area is 127 Å². The number of fused-ring (bicyclic) bond motifs is 1. The summed E-state index contributed by atoms with van der Waals surface area (Å²) in [6.45, 7) is 2.88. The van der Waals surface area contributed by atoms with Crippen LogP contribution in [0.4, 0.5) is 11.4 Å². The normalized spacial score (nSPS) is 17.4. The molecule has 110 valence electrons. The lowest BCUT2D eigenvalue weighted by molar-refractivity contribution is 0.561. The van der Waals surface area contributed by atoms with Crippen LogP contribution in [-0.4, -0.2) is 13.6 Å². The van der Waals surface area contributed by atoms with Crippen LogP contribution in [0.1, 0.15) is 35.4 Å². The summed E-state index contributed by atoms with van der Waals surface area (Å²) in [5.74, 6) is 0.549. The molecule has 2 N–H and O–H groups in total. The quantitative estimate of drug-likeness (QED) is 0.915. The molecule has 0 amide bonds. The zero-order chi connectivity index (χ0) is 14.8. The third-order valence-electron chi connectivity index (χ3n) is 4.66. The Hall–Kier alpha value is -1.80. The highest BCUT2D eigenvalue weighted by atomic mass is 15.1. The molecular weight excluding hydrogens is 256 g/mol. The summed E-state index contributed by atoms with van der Waals surface area (Å²) in [6.07, 6.45) is 3.67. The fourth-order valence-corrected chi connectivity index (χ4v) is 3.27. The second-order valence-corrected chi connectivity index (χ2v) is 6.10. The van der Waals surface area contributed by atoms with Gasteiger partial charge in [-0.3, -0.25) is 0 Å². The van der Waals surface area contributed by atoms with Crippen molar-refractivity contribution in [2.45, 2.75) is 32.1 Å². The van der Waals surface area contributed by atoms with Gasteiger partial charge in [0.25, 0.3) is 0 Å². The highest BCUT2D eigenvalue weighted by Gasteiger charge is 2.19. The topological polar surface area (TPSA) is 29.3 Å². The van der Waals surface area contributed by atoms with E-state index in [0.717, 1.165) is 6.54 Å². The van der Waals surface area contributed by atoms with E-state index in [0.29, 0.717) is 5.92 Å². The van der Waals surface area contributed by atoms with Crippen molar-refractivity contribution in [3.63, 3.8) is 0 Å². The largest absolute Gasteiger partial charge is 0.345 e. The molecule has 1 atom stereocenters. The number of aryl methyl sites for hydroxylation is 2. The zero-order valence-electron chi connectivity index (χ0n) is 13.0. The maximum atomic E-state index is 5.91. The van der Waals surface area contributed by atoms with Crippen molar-refractivity contribution >= 4 is 11.4 Å². The second-order valence-electron chi connectivity index (χ2n) is 6.10. The van der Waals surface area contributed by atoms with Crippen molar-refractivity contribution in [2.24, 2.45) is 5.73 Å². The van der Waals surface area contributed by atoms with Crippen LogP contribution in [0.15, 0.2) is 42.5 Å². The van der Waals surface area contributed by atoms with Crippen molar-refractivity contribution < 1.29 is 0 Å². The minimum Gasteiger partial charge on any atom is -0.345 e. The number of rotatable bonds is 3. The summed E-state index contributed by atoms with van der Waals surface area (Å²) in [5, 5.41) is 0. The minimum absolute atomic E-state index is 0.549. The molecule has 0 fully saturated rings. The number of benzene rings is 2. The van der Waals surface area contributed by atoms with Gasteiger partial charge >= 0.3 is 0 Å². The molecule has 0 saturated carbocycles. The molecule has 0 spiro atoms. The molecule has 0 aromatic heterocycles. The molecule has 0 saturated heterocycles. The first-order valence-electron chi connectivity index (χ1n) is 7.82. The van der Waals surface area contributed by atoms with Crippen LogP contribution in [0.3, 0.4) is 0 Å². The highest BCUT2D eigenvalue weighted by Crippen LogP contribution is 2.34. The van der Waals surface area contributed by atoms with Gasteiger partial charge in [0.2, 0.25) is 0 Å². The molecule has 3 rings (SSSR count). The van der Waals surface area contributed by atoms with E-state index in [1.807, 2.05) is 0 Å². The molecule has 0 unspecified atom stereocenters. The summed E-state index contributed by atoms with van der Waals surface area (Å²) >= 11 is 0. The fraction of sp³-hybridized carbons (Fsp3) is 0.368. The minimum atomic E-state index is 0.549. The van der Waals surface area contributed by atoms with Crippen LogP contribution in [0.25, 0.3) is 0 Å². The second kappa shape index (κ2) is 5.90. The SMILES string of the molecule is Cc1ccc(N(C)c2ccc3c(c2)CCC[C@H]3CN)cc1. The predicted octanol–water partition coefficient (Wildman–Crippen LogP) is 4.14. The van der Waals surface area contributed by atoms with E-state index in [4.69, 9.17) is 5.73 Å². The fourth-order valence-electron chi connectivity index (χ4n) is 3.27. The lowest BCUT2D eigenvalue weighted by atomic mass is 9.82.